The molecule has 5 nitrogen and oxygen atoms in total. The zero-order chi connectivity index (χ0) is 14.1. The predicted octanol–water partition coefficient (Wildman–Crippen LogP) is 2.13. The van der Waals surface area contributed by atoms with Crippen LogP contribution in [0.1, 0.15) is 33.7 Å². The molecule has 0 radical (unpaired) electrons. The fraction of sp³-hybridized carbons (Fsp3) is 0.333. The Balaban J connectivity index is 1.90. The van der Waals surface area contributed by atoms with Crippen LogP contribution in [-0.2, 0) is 19.4 Å². The first-order valence-electron chi connectivity index (χ1n) is 6.64. The Morgan fingerprint density at radius 2 is 2.10 bits per heavy atom. The molecule has 0 spiro atoms. The van der Waals surface area contributed by atoms with Gasteiger partial charge in [0.1, 0.15) is 5.75 Å². The number of methoxy groups -OCH3 is 1. The van der Waals surface area contributed by atoms with Crippen LogP contribution in [0.5, 0.6) is 5.75 Å². The summed E-state index contributed by atoms with van der Waals surface area (Å²) in [4.78, 5) is 11.2. The standard InChI is InChI=1S/C15H16N2O3/c1-20-11-7-5-10(6-8-11)9-17-13-4-2-3-12(13)14(16-17)15(18)19/h5-8H,2-4,9H2,1H3,(H,18,19). The first-order chi connectivity index (χ1) is 9.69. The Morgan fingerprint density at radius 1 is 1.35 bits per heavy atom. The number of nitrogens with zero attached hydrogens (tertiary/aromatic N) is 2. The Hall–Kier alpha value is -2.30. The van der Waals surface area contributed by atoms with E-state index in [4.69, 9.17) is 4.74 Å². The van der Waals surface area contributed by atoms with Crippen molar-refractivity contribution < 1.29 is 14.6 Å². The van der Waals surface area contributed by atoms with Crippen molar-refractivity contribution in [3.63, 3.8) is 0 Å². The molecule has 1 aliphatic rings. The lowest BCUT2D eigenvalue weighted by atomic mass is 10.2. The lowest BCUT2D eigenvalue weighted by molar-refractivity contribution is 0.0688. The SMILES string of the molecule is COc1ccc(Cn2nc(C(=O)O)c3c2CCC3)cc1. The Bertz CT molecular complexity index is 644. The third-order valence-corrected chi connectivity index (χ3v) is 3.70. The molecule has 0 fully saturated rings. The number of aromatic nitrogens is 2. The van der Waals surface area contributed by atoms with Crippen LogP contribution in [0.25, 0.3) is 0 Å². The molecule has 0 aliphatic heterocycles. The van der Waals surface area contributed by atoms with E-state index in [1.165, 1.54) is 0 Å². The highest BCUT2D eigenvalue weighted by molar-refractivity contribution is 5.87. The van der Waals surface area contributed by atoms with Gasteiger partial charge in [-0.2, -0.15) is 5.10 Å². The highest BCUT2D eigenvalue weighted by Crippen LogP contribution is 2.26. The van der Waals surface area contributed by atoms with E-state index < -0.39 is 5.97 Å². The van der Waals surface area contributed by atoms with Crippen LogP contribution in [-0.4, -0.2) is 28.0 Å². The van der Waals surface area contributed by atoms with Gasteiger partial charge in [-0.05, 0) is 37.0 Å². The summed E-state index contributed by atoms with van der Waals surface area (Å²) in [6.07, 6.45) is 2.74. The molecule has 0 saturated heterocycles. The average molecular weight is 272 g/mol. The molecule has 104 valence electrons. The van der Waals surface area contributed by atoms with Crippen molar-refractivity contribution in [3.05, 3.63) is 46.8 Å². The molecule has 1 aromatic carbocycles. The van der Waals surface area contributed by atoms with Crippen molar-refractivity contribution in [1.29, 1.82) is 0 Å². The van der Waals surface area contributed by atoms with Crippen molar-refractivity contribution in [2.75, 3.05) is 7.11 Å². The lowest BCUT2D eigenvalue weighted by Crippen LogP contribution is -2.07. The molecule has 0 bridgehead atoms. The number of carboxylic acid groups (broad SMARTS) is 1. The molecule has 0 unspecified atom stereocenters. The number of carboxylic acids is 1. The molecule has 0 amide bonds. The van der Waals surface area contributed by atoms with Crippen molar-refractivity contribution in [2.24, 2.45) is 0 Å². The van der Waals surface area contributed by atoms with Crippen LogP contribution in [0.15, 0.2) is 24.3 Å². The molecule has 5 heteroatoms. The van der Waals surface area contributed by atoms with Gasteiger partial charge in [0.2, 0.25) is 0 Å². The van der Waals surface area contributed by atoms with E-state index in [1.807, 2.05) is 28.9 Å². The van der Waals surface area contributed by atoms with Crippen molar-refractivity contribution in [1.82, 2.24) is 9.78 Å². The van der Waals surface area contributed by atoms with E-state index in [0.29, 0.717) is 6.54 Å². The van der Waals surface area contributed by atoms with Crippen LogP contribution in [0.2, 0.25) is 0 Å². The van der Waals surface area contributed by atoms with Crippen LogP contribution < -0.4 is 4.74 Å². The van der Waals surface area contributed by atoms with Gasteiger partial charge in [0.25, 0.3) is 0 Å². The number of hydrogen-bond donors (Lipinski definition) is 1. The maximum atomic E-state index is 11.2. The summed E-state index contributed by atoms with van der Waals surface area (Å²) in [6.45, 7) is 0.597. The Morgan fingerprint density at radius 3 is 2.75 bits per heavy atom. The Kier molecular flexibility index (Phi) is 3.18. The van der Waals surface area contributed by atoms with E-state index in [1.54, 1.807) is 7.11 Å². The molecular formula is C15H16N2O3. The van der Waals surface area contributed by atoms with Crippen LogP contribution in [0.3, 0.4) is 0 Å². The number of hydrogen-bond acceptors (Lipinski definition) is 3. The highest BCUT2D eigenvalue weighted by Gasteiger charge is 2.25. The van der Waals surface area contributed by atoms with Crippen LogP contribution in [0, 0.1) is 0 Å². The van der Waals surface area contributed by atoms with E-state index in [0.717, 1.165) is 41.8 Å². The molecule has 2 aromatic rings. The zero-order valence-electron chi connectivity index (χ0n) is 11.3. The summed E-state index contributed by atoms with van der Waals surface area (Å²) < 4.78 is 6.96. The van der Waals surface area contributed by atoms with E-state index in [-0.39, 0.29) is 5.69 Å². The number of aromatic carboxylic acids is 1. The van der Waals surface area contributed by atoms with Gasteiger partial charge >= 0.3 is 5.97 Å². The molecular weight excluding hydrogens is 256 g/mol. The quantitative estimate of drug-likeness (QED) is 0.926. The third kappa shape index (κ3) is 2.15. The number of rotatable bonds is 4. The fourth-order valence-electron chi connectivity index (χ4n) is 2.72. The second-order valence-corrected chi connectivity index (χ2v) is 4.94. The minimum absolute atomic E-state index is 0.214. The summed E-state index contributed by atoms with van der Waals surface area (Å²) in [5.41, 5.74) is 3.27. The van der Waals surface area contributed by atoms with Gasteiger partial charge in [-0.1, -0.05) is 12.1 Å². The number of ether oxygens (including phenoxy) is 1. The minimum Gasteiger partial charge on any atom is -0.497 e. The zero-order valence-corrected chi connectivity index (χ0v) is 11.3. The molecule has 3 rings (SSSR count). The van der Waals surface area contributed by atoms with Gasteiger partial charge in [-0.15, -0.1) is 0 Å². The third-order valence-electron chi connectivity index (χ3n) is 3.70. The summed E-state index contributed by atoms with van der Waals surface area (Å²) in [5.74, 6) is -0.123. The number of fused-ring (bicyclic) bond motifs is 1. The molecule has 1 heterocycles. The molecule has 1 N–H and O–H groups in total. The van der Waals surface area contributed by atoms with E-state index >= 15 is 0 Å². The number of carbonyl (C=O) groups is 1. The molecule has 0 atom stereocenters. The van der Waals surface area contributed by atoms with Gasteiger partial charge in [-0.25, -0.2) is 4.79 Å². The second kappa shape index (κ2) is 5.00. The van der Waals surface area contributed by atoms with Gasteiger partial charge in [0, 0.05) is 11.3 Å². The van der Waals surface area contributed by atoms with Gasteiger partial charge < -0.3 is 9.84 Å². The van der Waals surface area contributed by atoms with E-state index in [2.05, 4.69) is 5.10 Å². The molecule has 0 saturated carbocycles. The lowest BCUT2D eigenvalue weighted by Gasteiger charge is -2.06. The first-order valence-corrected chi connectivity index (χ1v) is 6.64. The molecule has 1 aromatic heterocycles. The minimum atomic E-state index is -0.934. The summed E-state index contributed by atoms with van der Waals surface area (Å²) in [7, 11) is 1.63. The largest absolute Gasteiger partial charge is 0.497 e. The van der Waals surface area contributed by atoms with Crippen LogP contribution in [0.4, 0.5) is 0 Å². The molecule has 1 aliphatic carbocycles. The maximum absolute atomic E-state index is 11.2. The monoisotopic (exact) mass is 272 g/mol. The highest BCUT2D eigenvalue weighted by atomic mass is 16.5. The summed E-state index contributed by atoms with van der Waals surface area (Å²) in [6, 6.07) is 7.75. The smallest absolute Gasteiger partial charge is 0.356 e. The van der Waals surface area contributed by atoms with Gasteiger partial charge in [-0.3, -0.25) is 4.68 Å². The first kappa shape index (κ1) is 12.7. The maximum Gasteiger partial charge on any atom is 0.356 e. The van der Waals surface area contributed by atoms with Crippen molar-refractivity contribution in [3.8, 4) is 5.75 Å². The van der Waals surface area contributed by atoms with Gasteiger partial charge in [0.05, 0.1) is 13.7 Å². The van der Waals surface area contributed by atoms with Crippen molar-refractivity contribution in [2.45, 2.75) is 25.8 Å². The summed E-state index contributed by atoms with van der Waals surface area (Å²) >= 11 is 0. The topological polar surface area (TPSA) is 64.4 Å². The molecule has 20 heavy (non-hydrogen) atoms. The van der Waals surface area contributed by atoms with Crippen molar-refractivity contribution >= 4 is 5.97 Å². The predicted molar refractivity (Wildman–Crippen MR) is 73.3 cm³/mol. The summed E-state index contributed by atoms with van der Waals surface area (Å²) in [5, 5.41) is 13.5. The normalized spacial score (nSPS) is 13.2. The Labute approximate surface area is 116 Å². The van der Waals surface area contributed by atoms with Crippen LogP contribution >= 0.6 is 0 Å². The van der Waals surface area contributed by atoms with E-state index in [9.17, 15) is 9.90 Å². The fourth-order valence-corrected chi connectivity index (χ4v) is 2.72. The average Bonchev–Trinajstić information content (AvgIpc) is 3.03. The number of benzene rings is 1. The second-order valence-electron chi connectivity index (χ2n) is 4.94. The van der Waals surface area contributed by atoms with Gasteiger partial charge in [0.15, 0.2) is 5.69 Å².